The second-order valence-electron chi connectivity index (χ2n) is 11.3. The van der Waals surface area contributed by atoms with Crippen molar-refractivity contribution >= 4 is 44.0 Å². The normalized spacial score (nSPS) is 20.6. The van der Waals surface area contributed by atoms with Crippen molar-refractivity contribution in [2.75, 3.05) is 17.7 Å². The van der Waals surface area contributed by atoms with Gasteiger partial charge >= 0.3 is 6.18 Å². The maximum atomic E-state index is 14.2. The molecule has 1 amide bonds. The topological polar surface area (TPSA) is 92.0 Å². The predicted octanol–water partition coefficient (Wildman–Crippen LogP) is 7.65. The number of halogens is 4. The van der Waals surface area contributed by atoms with E-state index in [0.29, 0.717) is 27.8 Å². The highest BCUT2D eigenvalue weighted by Gasteiger charge is 2.48. The molecule has 2 N–H and O–H groups in total. The van der Waals surface area contributed by atoms with Gasteiger partial charge in [0.1, 0.15) is 22.6 Å². The number of nitrogens with zero attached hydrogens (tertiary/aromatic N) is 3. The largest absolute Gasteiger partial charge is 0.497 e. The van der Waals surface area contributed by atoms with E-state index in [2.05, 4.69) is 58.5 Å². The molecule has 0 spiro atoms. The molecular weight excluding hydrogens is 607 g/mol. The van der Waals surface area contributed by atoms with E-state index in [0.717, 1.165) is 34.4 Å². The Morgan fingerprint density at radius 2 is 1.98 bits per heavy atom. The quantitative estimate of drug-likeness (QED) is 0.307. The SMILES string of the molecule is COc1ccc([C@@H]2C[C@H](C(F)(F)F)n3nc(C(=O)Nc4sc5c(c4C#N)CC[C@H](C(C)(C)C)C5)c(Br)c3N2)cc1. The van der Waals surface area contributed by atoms with Gasteiger partial charge in [0.05, 0.1) is 23.2 Å². The molecule has 3 atom stereocenters. The fourth-order valence-electron chi connectivity index (χ4n) is 5.48. The Kier molecular flexibility index (Phi) is 7.42. The molecule has 1 aliphatic carbocycles. The second-order valence-corrected chi connectivity index (χ2v) is 13.2. The zero-order chi connectivity index (χ0) is 29.0. The van der Waals surface area contributed by atoms with E-state index >= 15 is 0 Å². The van der Waals surface area contributed by atoms with Crippen LogP contribution in [-0.2, 0) is 12.8 Å². The number of benzene rings is 1. The fraction of sp³-hybridized carbons (Fsp3) is 0.464. The van der Waals surface area contributed by atoms with E-state index in [4.69, 9.17) is 4.74 Å². The smallest absolute Gasteiger partial charge is 0.410 e. The Morgan fingerprint density at radius 1 is 1.27 bits per heavy atom. The van der Waals surface area contributed by atoms with Crippen LogP contribution in [0.2, 0.25) is 0 Å². The molecule has 1 aliphatic heterocycles. The van der Waals surface area contributed by atoms with Gasteiger partial charge in [0, 0.05) is 11.3 Å². The molecule has 0 saturated carbocycles. The molecule has 12 heteroatoms. The lowest BCUT2D eigenvalue weighted by molar-refractivity contribution is -0.173. The summed E-state index contributed by atoms with van der Waals surface area (Å²) in [5.41, 5.74) is 1.95. The lowest BCUT2D eigenvalue weighted by Gasteiger charge is -2.33. The van der Waals surface area contributed by atoms with Crippen molar-refractivity contribution in [2.45, 2.75) is 64.7 Å². The number of fused-ring (bicyclic) bond motifs is 2. The average Bonchev–Trinajstić information content (AvgIpc) is 3.43. The number of carbonyl (C=O) groups is 1. The van der Waals surface area contributed by atoms with E-state index in [-0.39, 0.29) is 27.8 Å². The molecule has 3 heterocycles. The molecule has 0 unspecified atom stereocenters. The molecule has 40 heavy (non-hydrogen) atoms. The molecule has 0 bridgehead atoms. The van der Waals surface area contributed by atoms with Crippen molar-refractivity contribution in [3.05, 3.63) is 56.0 Å². The third-order valence-electron chi connectivity index (χ3n) is 7.86. The van der Waals surface area contributed by atoms with Crippen LogP contribution in [0.5, 0.6) is 5.75 Å². The van der Waals surface area contributed by atoms with Gasteiger partial charge in [0.15, 0.2) is 11.7 Å². The van der Waals surface area contributed by atoms with Gasteiger partial charge in [-0.05, 0) is 69.8 Å². The zero-order valence-electron chi connectivity index (χ0n) is 22.4. The minimum atomic E-state index is -4.59. The van der Waals surface area contributed by atoms with Gasteiger partial charge in [0.25, 0.3) is 5.91 Å². The van der Waals surface area contributed by atoms with Crippen LogP contribution in [0.4, 0.5) is 24.0 Å². The lowest BCUT2D eigenvalue weighted by Crippen LogP contribution is -2.35. The molecule has 0 saturated heterocycles. The summed E-state index contributed by atoms with van der Waals surface area (Å²) < 4.78 is 48.7. The van der Waals surface area contributed by atoms with Gasteiger partial charge < -0.3 is 15.4 Å². The molecule has 2 aromatic heterocycles. The van der Waals surface area contributed by atoms with Gasteiger partial charge in [-0.25, -0.2) is 4.68 Å². The number of hydrogen-bond donors (Lipinski definition) is 2. The maximum absolute atomic E-state index is 14.2. The van der Waals surface area contributed by atoms with Gasteiger partial charge in [-0.15, -0.1) is 11.3 Å². The number of rotatable bonds is 4. The summed E-state index contributed by atoms with van der Waals surface area (Å²) in [6.45, 7) is 6.59. The first-order chi connectivity index (χ1) is 18.8. The molecule has 212 valence electrons. The number of thiophene rings is 1. The highest BCUT2D eigenvalue weighted by molar-refractivity contribution is 9.10. The Bertz CT molecular complexity index is 1480. The van der Waals surface area contributed by atoms with Crippen molar-refractivity contribution in [2.24, 2.45) is 11.3 Å². The standard InChI is InChI=1S/C28H29BrF3N5O2S/c1-27(2,3)15-7-10-17-18(13-33)26(40-20(17)11-15)35-25(38)23-22(29)24-34-19(14-5-8-16(39-4)9-6-14)12-21(28(30,31)32)37(24)36-23/h5-6,8-9,15,19,21,34H,7,10-12H2,1-4H3,(H,35,38)/t15-,19-,21+/m0/s1. The van der Waals surface area contributed by atoms with E-state index in [9.17, 15) is 23.2 Å². The number of nitriles is 1. The second kappa shape index (κ2) is 10.4. The van der Waals surface area contributed by atoms with Crippen molar-refractivity contribution in [3.63, 3.8) is 0 Å². The fourth-order valence-corrected chi connectivity index (χ4v) is 7.31. The van der Waals surface area contributed by atoms with Gasteiger partial charge in [-0.1, -0.05) is 32.9 Å². The monoisotopic (exact) mass is 635 g/mol. The average molecular weight is 637 g/mol. The minimum Gasteiger partial charge on any atom is -0.497 e. The number of carbonyl (C=O) groups excluding carboxylic acids is 1. The number of nitrogens with one attached hydrogen (secondary N) is 2. The highest BCUT2D eigenvalue weighted by Crippen LogP contribution is 2.47. The first-order valence-corrected chi connectivity index (χ1v) is 14.5. The summed E-state index contributed by atoms with van der Waals surface area (Å²) in [5.74, 6) is 0.434. The number of methoxy groups -OCH3 is 1. The van der Waals surface area contributed by atoms with Crippen LogP contribution in [0.3, 0.4) is 0 Å². The molecule has 3 aromatic rings. The predicted molar refractivity (Wildman–Crippen MR) is 151 cm³/mol. The molecular formula is C28H29BrF3N5O2S. The molecule has 0 fully saturated rings. The van der Waals surface area contributed by atoms with Crippen LogP contribution in [0.1, 0.15) is 77.8 Å². The number of anilines is 2. The Hall–Kier alpha value is -3.04. The Labute approximate surface area is 242 Å². The van der Waals surface area contributed by atoms with Crippen molar-refractivity contribution in [1.82, 2.24) is 9.78 Å². The van der Waals surface area contributed by atoms with Gasteiger partial charge in [-0.2, -0.15) is 23.5 Å². The Morgan fingerprint density at radius 3 is 2.58 bits per heavy atom. The van der Waals surface area contributed by atoms with Gasteiger partial charge in [0.2, 0.25) is 0 Å². The van der Waals surface area contributed by atoms with E-state index < -0.39 is 24.2 Å². The summed E-state index contributed by atoms with van der Waals surface area (Å²) in [5, 5.41) is 20.3. The number of ether oxygens (including phenoxy) is 1. The van der Waals surface area contributed by atoms with Crippen molar-refractivity contribution in [1.29, 1.82) is 5.26 Å². The summed E-state index contributed by atoms with van der Waals surface area (Å²) >= 11 is 4.70. The highest BCUT2D eigenvalue weighted by atomic mass is 79.9. The van der Waals surface area contributed by atoms with Crippen LogP contribution in [0, 0.1) is 22.7 Å². The van der Waals surface area contributed by atoms with Crippen molar-refractivity contribution in [3.8, 4) is 11.8 Å². The molecule has 0 radical (unpaired) electrons. The molecule has 7 nitrogen and oxygen atoms in total. The number of hydrogen-bond acceptors (Lipinski definition) is 6. The summed E-state index contributed by atoms with van der Waals surface area (Å²) in [7, 11) is 1.52. The van der Waals surface area contributed by atoms with E-state index in [1.165, 1.54) is 18.4 Å². The maximum Gasteiger partial charge on any atom is 0.410 e. The Balaban J connectivity index is 1.45. The molecule has 2 aliphatic rings. The van der Waals surface area contributed by atoms with Crippen LogP contribution in [0.25, 0.3) is 0 Å². The van der Waals surface area contributed by atoms with Crippen LogP contribution >= 0.6 is 27.3 Å². The molecule has 1 aromatic carbocycles. The minimum absolute atomic E-state index is 0.0681. The summed E-state index contributed by atoms with van der Waals surface area (Å²) in [6, 6.07) is 6.43. The van der Waals surface area contributed by atoms with Gasteiger partial charge in [-0.3, -0.25) is 4.79 Å². The number of aromatic nitrogens is 2. The third kappa shape index (κ3) is 5.21. The van der Waals surface area contributed by atoms with E-state index in [1.807, 2.05) is 0 Å². The third-order valence-corrected chi connectivity index (χ3v) is 9.78. The van der Waals surface area contributed by atoms with E-state index in [1.54, 1.807) is 24.3 Å². The zero-order valence-corrected chi connectivity index (χ0v) is 24.9. The van der Waals surface area contributed by atoms with Crippen LogP contribution in [0.15, 0.2) is 28.7 Å². The first kappa shape index (κ1) is 28.5. The van der Waals surface area contributed by atoms with Crippen LogP contribution in [-0.4, -0.2) is 29.0 Å². The van der Waals surface area contributed by atoms with Crippen molar-refractivity contribution < 1.29 is 22.7 Å². The number of amides is 1. The lowest BCUT2D eigenvalue weighted by atomic mass is 9.72. The molecule has 5 rings (SSSR count). The summed E-state index contributed by atoms with van der Waals surface area (Å²) in [6.07, 6.45) is -2.37. The first-order valence-electron chi connectivity index (χ1n) is 12.9. The number of alkyl halides is 3. The summed E-state index contributed by atoms with van der Waals surface area (Å²) in [4.78, 5) is 14.5. The van der Waals surface area contributed by atoms with Crippen LogP contribution < -0.4 is 15.4 Å².